The van der Waals surface area contributed by atoms with Crippen LogP contribution in [0.3, 0.4) is 0 Å². The van der Waals surface area contributed by atoms with Crippen LogP contribution in [-0.4, -0.2) is 36.5 Å². The van der Waals surface area contributed by atoms with E-state index in [2.05, 4.69) is 20.5 Å². The van der Waals surface area contributed by atoms with Gasteiger partial charge in [0.1, 0.15) is 11.5 Å². The zero-order valence-electron chi connectivity index (χ0n) is 13.6. The van der Waals surface area contributed by atoms with Crippen molar-refractivity contribution in [2.24, 2.45) is 0 Å². The van der Waals surface area contributed by atoms with Crippen molar-refractivity contribution in [3.63, 3.8) is 0 Å². The van der Waals surface area contributed by atoms with Crippen LogP contribution in [0.15, 0.2) is 36.7 Å². The zero-order chi connectivity index (χ0) is 18.9. The minimum absolute atomic E-state index is 0.0371. The highest BCUT2D eigenvalue weighted by molar-refractivity contribution is 5.63. The molecule has 0 fully saturated rings. The van der Waals surface area contributed by atoms with Crippen LogP contribution < -0.4 is 0 Å². The number of nitrogens with zero attached hydrogens (tertiary/aromatic N) is 4. The molecule has 26 heavy (non-hydrogen) atoms. The van der Waals surface area contributed by atoms with Gasteiger partial charge in [-0.15, -0.1) is 5.10 Å². The molecule has 2 N–H and O–H groups in total. The largest absolute Gasteiger partial charge is 0.423 e. The molecule has 0 aliphatic rings. The summed E-state index contributed by atoms with van der Waals surface area (Å²) in [5.41, 5.74) is -2.07. The number of H-pyrrole nitrogens is 1. The maximum absolute atomic E-state index is 13.6. The lowest BCUT2D eigenvalue weighted by atomic mass is 9.96. The molecule has 0 saturated heterocycles. The maximum Gasteiger partial charge on any atom is 0.423 e. The molecule has 3 rings (SSSR count). The molecule has 1 atom stereocenters. The lowest BCUT2D eigenvalue weighted by Gasteiger charge is -2.26. The third-order valence-electron chi connectivity index (χ3n) is 4.12. The quantitative estimate of drug-likeness (QED) is 0.678. The number of aliphatic hydroxyl groups is 1. The molecule has 6 nitrogen and oxygen atoms in total. The molecule has 138 valence electrons. The van der Waals surface area contributed by atoms with E-state index in [0.717, 1.165) is 10.9 Å². The summed E-state index contributed by atoms with van der Waals surface area (Å²) in [6.07, 6.45) is -2.88. The highest BCUT2D eigenvalue weighted by Gasteiger charge is 2.55. The topological polar surface area (TPSA) is 79.6 Å². The molecule has 0 bridgehead atoms. The average molecular weight is 369 g/mol. The number of alkyl halides is 3. The molecule has 0 amide bonds. The van der Waals surface area contributed by atoms with Gasteiger partial charge in [-0.05, 0) is 36.2 Å². The molecule has 0 aliphatic carbocycles. The third-order valence-corrected chi connectivity index (χ3v) is 4.12. The van der Waals surface area contributed by atoms with Gasteiger partial charge in [-0.3, -0.25) is 5.10 Å². The van der Waals surface area contributed by atoms with Crippen LogP contribution >= 0.6 is 0 Å². The minimum Gasteiger partial charge on any atom is -0.375 e. The Bertz CT molecular complexity index is 890. The Morgan fingerprint density at radius 3 is 2.62 bits per heavy atom. The summed E-state index contributed by atoms with van der Waals surface area (Å²) in [4.78, 5) is 0. The highest BCUT2D eigenvalue weighted by atomic mass is 19.4. The Hall–Kier alpha value is -2.75. The highest BCUT2D eigenvalue weighted by Crippen LogP contribution is 2.40. The first-order valence-electron chi connectivity index (χ1n) is 7.73. The van der Waals surface area contributed by atoms with Gasteiger partial charge in [0.05, 0.1) is 18.4 Å². The molecule has 2 aromatic heterocycles. The average Bonchev–Trinajstić information content (AvgIpc) is 3.25. The molecule has 0 aliphatic heterocycles. The number of aromatic nitrogens is 5. The van der Waals surface area contributed by atoms with Gasteiger partial charge in [-0.2, -0.15) is 18.3 Å². The van der Waals surface area contributed by atoms with Crippen LogP contribution in [0.25, 0.3) is 11.3 Å². The SMILES string of the molecule is CCC(O)(c1cn(Cc2cc(F)ccc2-c2cc[nH]n2)nn1)C(F)(F)F. The molecule has 1 unspecified atom stereocenters. The fourth-order valence-corrected chi connectivity index (χ4v) is 2.62. The normalized spacial score (nSPS) is 14.4. The monoisotopic (exact) mass is 369 g/mol. The van der Waals surface area contributed by atoms with E-state index >= 15 is 0 Å². The van der Waals surface area contributed by atoms with E-state index in [0.29, 0.717) is 16.8 Å². The van der Waals surface area contributed by atoms with Crippen molar-refractivity contribution in [2.75, 3.05) is 0 Å². The molecule has 0 radical (unpaired) electrons. The number of nitrogens with one attached hydrogen (secondary N) is 1. The fraction of sp³-hybridized carbons (Fsp3) is 0.312. The van der Waals surface area contributed by atoms with Crippen molar-refractivity contribution in [1.82, 2.24) is 25.2 Å². The maximum atomic E-state index is 13.6. The second-order valence-electron chi connectivity index (χ2n) is 5.77. The summed E-state index contributed by atoms with van der Waals surface area (Å²) >= 11 is 0. The van der Waals surface area contributed by atoms with Gasteiger partial charge < -0.3 is 5.11 Å². The van der Waals surface area contributed by atoms with Crippen molar-refractivity contribution < 1.29 is 22.7 Å². The van der Waals surface area contributed by atoms with Crippen molar-refractivity contribution in [3.05, 3.63) is 53.7 Å². The van der Waals surface area contributed by atoms with Gasteiger partial charge in [0.2, 0.25) is 5.60 Å². The predicted molar refractivity (Wildman–Crippen MR) is 83.3 cm³/mol. The van der Waals surface area contributed by atoms with Gasteiger partial charge in [-0.1, -0.05) is 12.1 Å². The number of aromatic amines is 1. The summed E-state index contributed by atoms with van der Waals surface area (Å²) in [5, 5.41) is 23.7. The van der Waals surface area contributed by atoms with E-state index < -0.39 is 29.7 Å². The van der Waals surface area contributed by atoms with Crippen LogP contribution in [0, 0.1) is 5.82 Å². The number of benzene rings is 1. The van der Waals surface area contributed by atoms with Crippen LogP contribution in [-0.2, 0) is 12.1 Å². The van der Waals surface area contributed by atoms with Crippen molar-refractivity contribution >= 4 is 0 Å². The van der Waals surface area contributed by atoms with E-state index in [1.807, 2.05) is 0 Å². The summed E-state index contributed by atoms with van der Waals surface area (Å²) in [6, 6.07) is 5.72. The number of hydrogen-bond donors (Lipinski definition) is 2. The molecule has 10 heteroatoms. The van der Waals surface area contributed by atoms with Crippen LogP contribution in [0.5, 0.6) is 0 Å². The van der Waals surface area contributed by atoms with Gasteiger partial charge in [0.25, 0.3) is 0 Å². The van der Waals surface area contributed by atoms with Gasteiger partial charge in [0, 0.05) is 11.8 Å². The van der Waals surface area contributed by atoms with Crippen LogP contribution in [0.2, 0.25) is 0 Å². The van der Waals surface area contributed by atoms with E-state index in [-0.39, 0.29) is 6.54 Å². The number of hydrogen-bond acceptors (Lipinski definition) is 4. The molecular formula is C16H15F4N5O. The first-order chi connectivity index (χ1) is 12.2. The number of rotatable bonds is 5. The molecule has 0 spiro atoms. The van der Waals surface area contributed by atoms with E-state index in [9.17, 15) is 22.7 Å². The smallest absolute Gasteiger partial charge is 0.375 e. The lowest BCUT2D eigenvalue weighted by molar-refractivity contribution is -0.269. The minimum atomic E-state index is -4.89. The molecule has 1 aromatic carbocycles. The summed E-state index contributed by atoms with van der Waals surface area (Å²) < 4.78 is 54.2. The lowest BCUT2D eigenvalue weighted by Crippen LogP contribution is -2.42. The fourth-order valence-electron chi connectivity index (χ4n) is 2.62. The van der Waals surface area contributed by atoms with E-state index in [1.54, 1.807) is 12.3 Å². The van der Waals surface area contributed by atoms with E-state index in [4.69, 9.17) is 0 Å². The van der Waals surface area contributed by atoms with Crippen LogP contribution in [0.1, 0.15) is 24.6 Å². The Morgan fingerprint density at radius 2 is 2.00 bits per heavy atom. The second-order valence-corrected chi connectivity index (χ2v) is 5.77. The summed E-state index contributed by atoms with van der Waals surface area (Å²) in [5.74, 6) is -0.500. The zero-order valence-corrected chi connectivity index (χ0v) is 13.6. The Labute approximate surface area is 145 Å². The van der Waals surface area contributed by atoms with E-state index in [1.165, 1.54) is 25.1 Å². The van der Waals surface area contributed by atoms with Crippen molar-refractivity contribution in [3.8, 4) is 11.3 Å². The third kappa shape index (κ3) is 3.19. The van der Waals surface area contributed by atoms with Gasteiger partial charge in [-0.25, -0.2) is 9.07 Å². The molecular weight excluding hydrogens is 354 g/mol. The van der Waals surface area contributed by atoms with Crippen molar-refractivity contribution in [2.45, 2.75) is 31.7 Å². The first-order valence-corrected chi connectivity index (χ1v) is 7.73. The van der Waals surface area contributed by atoms with Gasteiger partial charge in [0.15, 0.2) is 0 Å². The van der Waals surface area contributed by atoms with Crippen LogP contribution in [0.4, 0.5) is 17.6 Å². The van der Waals surface area contributed by atoms with Crippen molar-refractivity contribution in [1.29, 1.82) is 0 Å². The molecule has 0 saturated carbocycles. The molecule has 3 aromatic rings. The Morgan fingerprint density at radius 1 is 1.23 bits per heavy atom. The first kappa shape index (κ1) is 18.1. The predicted octanol–water partition coefficient (Wildman–Crippen LogP) is 3.02. The summed E-state index contributed by atoms with van der Waals surface area (Å²) in [6.45, 7) is 1.17. The second kappa shape index (κ2) is 6.52. The standard InChI is InChI=1S/C16H15F4N5O/c1-2-15(26,16(18,19)20)14-9-25(24-23-14)8-10-7-11(17)3-4-12(10)13-5-6-21-22-13/h3-7,9,26H,2,8H2,1H3,(H,21,22). The Kier molecular flexibility index (Phi) is 4.53. The molecule has 2 heterocycles. The summed E-state index contributed by atoms with van der Waals surface area (Å²) in [7, 11) is 0. The number of halogens is 4. The van der Waals surface area contributed by atoms with Gasteiger partial charge >= 0.3 is 6.18 Å². The Balaban J connectivity index is 1.95.